The van der Waals surface area contributed by atoms with Gasteiger partial charge in [-0.15, -0.1) is 0 Å². The van der Waals surface area contributed by atoms with Crippen LogP contribution in [-0.4, -0.2) is 32.2 Å². The van der Waals surface area contributed by atoms with E-state index in [1.54, 1.807) is 20.8 Å². The maximum Gasteiger partial charge on any atom is 0.409 e. The summed E-state index contributed by atoms with van der Waals surface area (Å²) in [4.78, 5) is 0. The zero-order valence-electron chi connectivity index (χ0n) is 6.88. The van der Waals surface area contributed by atoms with E-state index in [0.717, 1.165) is 0 Å². The van der Waals surface area contributed by atoms with Crippen LogP contribution in [0.2, 0.25) is 13.1 Å². The van der Waals surface area contributed by atoms with Crippen molar-refractivity contribution in [2.24, 2.45) is 5.40 Å². The fraction of sp³-hybridized carbons (Fsp3) is 1.00. The lowest BCUT2D eigenvalue weighted by molar-refractivity contribution is 0.264. The molecule has 4 nitrogen and oxygen atoms in total. The minimum Gasteiger partial charge on any atom is -0.405 e. The second-order valence-corrected chi connectivity index (χ2v) is 7.13. The summed E-state index contributed by atoms with van der Waals surface area (Å²) in [5, 5.41) is 5.64. The van der Waals surface area contributed by atoms with Crippen LogP contribution in [0.3, 0.4) is 0 Å². The highest BCUT2D eigenvalue weighted by Gasteiger charge is 2.27. The largest absolute Gasteiger partial charge is 0.409 e. The van der Waals surface area contributed by atoms with Crippen LogP contribution in [0.15, 0.2) is 0 Å². The van der Waals surface area contributed by atoms with Crippen molar-refractivity contribution in [3.05, 3.63) is 0 Å². The molecule has 6 heteroatoms. The lowest BCUT2D eigenvalue weighted by Gasteiger charge is -2.22. The molecule has 0 amide bonds. The first-order chi connectivity index (χ1) is 4.52. The fourth-order valence-corrected chi connectivity index (χ4v) is 3.83. The van der Waals surface area contributed by atoms with E-state index in [0.29, 0.717) is 0 Å². The lowest BCUT2D eigenvalue weighted by atomic mass is 11.8. The third-order valence-corrected chi connectivity index (χ3v) is 5.81. The van der Waals surface area contributed by atoms with Crippen LogP contribution in [0.25, 0.3) is 0 Å². The molecule has 0 rings (SSSR count). The molecule has 0 aromatic carbocycles. The Labute approximate surface area is 64.4 Å². The van der Waals surface area contributed by atoms with Gasteiger partial charge in [0.15, 0.2) is 0 Å². The molecule has 0 saturated heterocycles. The topological polar surface area (TPSA) is 53.7 Å². The highest BCUT2D eigenvalue weighted by atomic mass is 28.4. The van der Waals surface area contributed by atoms with E-state index in [2.05, 4.69) is 0 Å². The molecule has 0 aromatic heterocycles. The van der Waals surface area contributed by atoms with Gasteiger partial charge in [-0.05, 0) is 13.1 Å². The van der Waals surface area contributed by atoms with Gasteiger partial charge in [0.2, 0.25) is 0 Å². The summed E-state index contributed by atoms with van der Waals surface area (Å²) < 4.78 is 15.3. The second-order valence-electron chi connectivity index (χ2n) is 2.14. The zero-order valence-corrected chi connectivity index (χ0v) is 9.03. The monoisotopic (exact) mass is 181 g/mol. The smallest absolute Gasteiger partial charge is 0.405 e. The molecule has 2 N–H and O–H groups in total. The average Bonchev–Trinajstić information content (AvgIpc) is 1.87. The molecular weight excluding hydrogens is 166 g/mol. The molecule has 0 saturated carbocycles. The molecule has 0 fully saturated rings. The molecule has 0 heterocycles. The van der Waals surface area contributed by atoms with Gasteiger partial charge in [-0.3, -0.25) is 0 Å². The van der Waals surface area contributed by atoms with Crippen molar-refractivity contribution < 1.29 is 13.0 Å². The Bertz CT molecular complexity index is 101. The first-order valence-corrected chi connectivity index (χ1v) is 7.55. The predicted octanol–water partition coefficient (Wildman–Crippen LogP) is -0.327. The summed E-state index contributed by atoms with van der Waals surface area (Å²) in [7, 11) is -0.656. The van der Waals surface area contributed by atoms with Crippen LogP contribution in [0.1, 0.15) is 0 Å². The SMILES string of the molecule is CO[SiH](C)O[Si](C)(N)OC. The number of rotatable bonds is 4. The van der Waals surface area contributed by atoms with E-state index in [1.807, 2.05) is 6.55 Å². The summed E-state index contributed by atoms with van der Waals surface area (Å²) in [6, 6.07) is 0. The van der Waals surface area contributed by atoms with E-state index in [-0.39, 0.29) is 0 Å². The fourth-order valence-electron chi connectivity index (χ4n) is 0.426. The Morgan fingerprint density at radius 3 is 2.20 bits per heavy atom. The molecular formula is C4H15NO3Si2. The van der Waals surface area contributed by atoms with E-state index in [1.165, 1.54) is 0 Å². The van der Waals surface area contributed by atoms with Crippen molar-refractivity contribution in [2.45, 2.75) is 13.1 Å². The van der Waals surface area contributed by atoms with Crippen molar-refractivity contribution >= 4 is 18.0 Å². The maximum atomic E-state index is 5.64. The van der Waals surface area contributed by atoms with Gasteiger partial charge in [-0.1, -0.05) is 0 Å². The third kappa shape index (κ3) is 4.15. The Balaban J connectivity index is 3.64. The highest BCUT2D eigenvalue weighted by molar-refractivity contribution is 6.70. The Hall–Kier alpha value is 0.274. The predicted molar refractivity (Wildman–Crippen MR) is 43.9 cm³/mol. The summed E-state index contributed by atoms with van der Waals surface area (Å²) in [6.07, 6.45) is 0. The van der Waals surface area contributed by atoms with E-state index >= 15 is 0 Å². The number of nitrogens with two attached hydrogens (primary N) is 1. The summed E-state index contributed by atoms with van der Waals surface area (Å²) in [6.45, 7) is 3.70. The zero-order chi connectivity index (χ0) is 8.20. The molecule has 2 atom stereocenters. The minimum absolute atomic E-state index is 1.51. The van der Waals surface area contributed by atoms with Crippen molar-refractivity contribution in [1.82, 2.24) is 0 Å². The van der Waals surface area contributed by atoms with Crippen molar-refractivity contribution in [2.75, 3.05) is 14.2 Å². The first kappa shape index (κ1) is 10.3. The van der Waals surface area contributed by atoms with E-state index in [4.69, 9.17) is 18.4 Å². The van der Waals surface area contributed by atoms with E-state index in [9.17, 15) is 0 Å². The van der Waals surface area contributed by atoms with Crippen LogP contribution < -0.4 is 5.40 Å². The van der Waals surface area contributed by atoms with Crippen LogP contribution in [0.4, 0.5) is 0 Å². The van der Waals surface area contributed by atoms with Gasteiger partial charge in [0, 0.05) is 14.2 Å². The Kier molecular flexibility index (Phi) is 4.33. The molecule has 0 aliphatic rings. The molecule has 0 aliphatic heterocycles. The molecule has 0 spiro atoms. The summed E-state index contributed by atoms with van der Waals surface area (Å²) in [5.41, 5.74) is 0. The maximum absolute atomic E-state index is 5.64. The van der Waals surface area contributed by atoms with Gasteiger partial charge in [-0.2, -0.15) is 0 Å². The highest BCUT2D eigenvalue weighted by Crippen LogP contribution is 1.99. The number of hydrogen-bond donors (Lipinski definition) is 1. The quantitative estimate of drug-likeness (QED) is 0.604. The average molecular weight is 181 g/mol. The van der Waals surface area contributed by atoms with Gasteiger partial charge in [0.1, 0.15) is 0 Å². The van der Waals surface area contributed by atoms with Gasteiger partial charge < -0.3 is 18.4 Å². The third-order valence-electron chi connectivity index (χ3n) is 1.14. The summed E-state index contributed by atoms with van der Waals surface area (Å²) >= 11 is 0. The standard InChI is InChI=1S/C4H15NO3Si2/c1-6-9(3)8-10(4,5)7-2/h9H,5H2,1-4H3. The van der Waals surface area contributed by atoms with Gasteiger partial charge in [0.05, 0.1) is 0 Å². The molecule has 0 bridgehead atoms. The van der Waals surface area contributed by atoms with Crippen molar-refractivity contribution in [1.29, 1.82) is 0 Å². The minimum atomic E-state index is -2.32. The van der Waals surface area contributed by atoms with Crippen LogP contribution in [0.5, 0.6) is 0 Å². The molecule has 0 aromatic rings. The first-order valence-electron chi connectivity index (χ1n) is 3.06. The lowest BCUT2D eigenvalue weighted by Crippen LogP contribution is -2.51. The molecule has 62 valence electrons. The molecule has 0 radical (unpaired) electrons. The Morgan fingerprint density at radius 1 is 1.40 bits per heavy atom. The molecule has 2 unspecified atom stereocenters. The van der Waals surface area contributed by atoms with Gasteiger partial charge in [0.25, 0.3) is 0 Å². The number of hydrogen-bond acceptors (Lipinski definition) is 4. The van der Waals surface area contributed by atoms with Crippen LogP contribution >= 0.6 is 0 Å². The summed E-state index contributed by atoms with van der Waals surface area (Å²) in [5.74, 6) is 0. The van der Waals surface area contributed by atoms with Crippen molar-refractivity contribution in [3.8, 4) is 0 Å². The molecule has 10 heavy (non-hydrogen) atoms. The van der Waals surface area contributed by atoms with Crippen LogP contribution in [0, 0.1) is 0 Å². The second kappa shape index (κ2) is 4.21. The van der Waals surface area contributed by atoms with Gasteiger partial charge in [-0.25, -0.2) is 0 Å². The normalized spacial score (nSPS) is 20.1. The Morgan fingerprint density at radius 2 is 1.90 bits per heavy atom. The molecule has 0 aliphatic carbocycles. The van der Waals surface area contributed by atoms with Crippen LogP contribution in [-0.2, 0) is 13.0 Å². The van der Waals surface area contributed by atoms with E-state index < -0.39 is 18.0 Å². The van der Waals surface area contributed by atoms with Crippen molar-refractivity contribution in [3.63, 3.8) is 0 Å². The van der Waals surface area contributed by atoms with Gasteiger partial charge >= 0.3 is 18.0 Å².